The molecule has 1 aromatic rings. The summed E-state index contributed by atoms with van der Waals surface area (Å²) in [4.78, 5) is 0. The first-order valence-corrected chi connectivity index (χ1v) is 5.45. The lowest BCUT2D eigenvalue weighted by atomic mass is 10.1. The van der Waals surface area contributed by atoms with Gasteiger partial charge in [-0.1, -0.05) is 13.8 Å². The van der Waals surface area contributed by atoms with Crippen molar-refractivity contribution in [3.05, 3.63) is 29.3 Å². The van der Waals surface area contributed by atoms with Gasteiger partial charge in [0.15, 0.2) is 0 Å². The molecular weight excluding hydrogens is 200 g/mol. The van der Waals surface area contributed by atoms with Crippen LogP contribution in [-0.4, -0.2) is 13.7 Å². The molecular formula is C13H18N2O. The van der Waals surface area contributed by atoms with Crippen LogP contribution >= 0.6 is 0 Å². The smallest absolute Gasteiger partial charge is 0.123 e. The van der Waals surface area contributed by atoms with E-state index in [1.807, 2.05) is 12.1 Å². The minimum atomic E-state index is 0.616. The summed E-state index contributed by atoms with van der Waals surface area (Å²) in [6, 6.07) is 7.61. The monoisotopic (exact) mass is 218 g/mol. The average Bonchev–Trinajstić information content (AvgIpc) is 2.28. The normalized spacial score (nSPS) is 10.2. The summed E-state index contributed by atoms with van der Waals surface area (Å²) in [7, 11) is 1.65. The number of nitrogens with one attached hydrogen (secondary N) is 1. The number of hydrogen-bond donors (Lipinski definition) is 1. The molecule has 0 aliphatic heterocycles. The van der Waals surface area contributed by atoms with Gasteiger partial charge in [0.1, 0.15) is 5.75 Å². The molecule has 0 amide bonds. The van der Waals surface area contributed by atoms with E-state index in [4.69, 9.17) is 10.00 Å². The highest BCUT2D eigenvalue weighted by Gasteiger charge is 2.04. The Balaban J connectivity index is 2.72. The minimum Gasteiger partial charge on any atom is -0.496 e. The van der Waals surface area contributed by atoms with Gasteiger partial charge in [-0.15, -0.1) is 0 Å². The van der Waals surface area contributed by atoms with E-state index in [0.29, 0.717) is 11.5 Å². The molecule has 0 radical (unpaired) electrons. The second kappa shape index (κ2) is 6.14. The second-order valence-electron chi connectivity index (χ2n) is 4.16. The number of nitriles is 1. The van der Waals surface area contributed by atoms with E-state index in [1.165, 1.54) is 0 Å². The van der Waals surface area contributed by atoms with Crippen LogP contribution in [0.15, 0.2) is 18.2 Å². The lowest BCUT2D eigenvalue weighted by Gasteiger charge is -2.11. The van der Waals surface area contributed by atoms with Crippen LogP contribution in [0.4, 0.5) is 0 Å². The minimum absolute atomic E-state index is 0.616. The van der Waals surface area contributed by atoms with Gasteiger partial charge in [0.25, 0.3) is 0 Å². The fourth-order valence-electron chi connectivity index (χ4n) is 1.48. The van der Waals surface area contributed by atoms with Crippen molar-refractivity contribution >= 4 is 0 Å². The highest BCUT2D eigenvalue weighted by molar-refractivity contribution is 5.41. The van der Waals surface area contributed by atoms with Crippen molar-refractivity contribution in [2.75, 3.05) is 13.7 Å². The van der Waals surface area contributed by atoms with Gasteiger partial charge >= 0.3 is 0 Å². The zero-order chi connectivity index (χ0) is 12.0. The summed E-state index contributed by atoms with van der Waals surface area (Å²) in [6.07, 6.45) is 0. The summed E-state index contributed by atoms with van der Waals surface area (Å²) in [5.74, 6) is 1.44. The SMILES string of the molecule is COc1ccc(C#N)cc1CNCC(C)C. The van der Waals surface area contributed by atoms with Gasteiger partial charge in [0.05, 0.1) is 18.7 Å². The lowest BCUT2D eigenvalue weighted by molar-refractivity contribution is 0.406. The number of hydrogen-bond acceptors (Lipinski definition) is 3. The van der Waals surface area contributed by atoms with Gasteiger partial charge in [-0.2, -0.15) is 5.26 Å². The second-order valence-corrected chi connectivity index (χ2v) is 4.16. The molecule has 86 valence electrons. The summed E-state index contributed by atoms with van der Waals surface area (Å²) in [6.45, 7) is 6.02. The molecule has 3 nitrogen and oxygen atoms in total. The first kappa shape index (κ1) is 12.5. The predicted molar refractivity (Wildman–Crippen MR) is 64.3 cm³/mol. The molecule has 1 N–H and O–H groups in total. The topological polar surface area (TPSA) is 45.0 Å². The molecule has 0 fully saturated rings. The first-order valence-electron chi connectivity index (χ1n) is 5.45. The Morgan fingerprint density at radius 3 is 2.75 bits per heavy atom. The van der Waals surface area contributed by atoms with E-state index in [0.717, 1.165) is 24.4 Å². The molecule has 0 atom stereocenters. The quantitative estimate of drug-likeness (QED) is 0.824. The van der Waals surface area contributed by atoms with Crippen LogP contribution in [0.1, 0.15) is 25.0 Å². The largest absolute Gasteiger partial charge is 0.496 e. The molecule has 0 saturated heterocycles. The van der Waals surface area contributed by atoms with Gasteiger partial charge in [-0.25, -0.2) is 0 Å². The van der Waals surface area contributed by atoms with Crippen molar-refractivity contribution in [3.8, 4) is 11.8 Å². The molecule has 0 heterocycles. The average molecular weight is 218 g/mol. The summed E-state index contributed by atoms with van der Waals surface area (Å²) in [5.41, 5.74) is 1.70. The molecule has 1 aromatic carbocycles. The van der Waals surface area contributed by atoms with Crippen LogP contribution in [0.5, 0.6) is 5.75 Å². The molecule has 3 heteroatoms. The zero-order valence-electron chi connectivity index (χ0n) is 10.1. The maximum atomic E-state index is 8.83. The Kier molecular flexibility index (Phi) is 4.81. The lowest BCUT2D eigenvalue weighted by Crippen LogP contribution is -2.19. The molecule has 0 spiro atoms. The Morgan fingerprint density at radius 1 is 1.44 bits per heavy atom. The zero-order valence-corrected chi connectivity index (χ0v) is 10.1. The van der Waals surface area contributed by atoms with Crippen molar-refractivity contribution in [1.29, 1.82) is 5.26 Å². The number of nitrogens with zero attached hydrogens (tertiary/aromatic N) is 1. The van der Waals surface area contributed by atoms with Crippen LogP contribution in [0, 0.1) is 17.2 Å². The fraction of sp³-hybridized carbons (Fsp3) is 0.462. The summed E-state index contributed by atoms with van der Waals surface area (Å²) in [5, 5.41) is 12.2. The van der Waals surface area contributed by atoms with Gasteiger partial charge in [-0.3, -0.25) is 0 Å². The number of benzene rings is 1. The van der Waals surface area contributed by atoms with E-state index in [1.54, 1.807) is 13.2 Å². The molecule has 0 aliphatic rings. The molecule has 0 aromatic heterocycles. The van der Waals surface area contributed by atoms with E-state index in [2.05, 4.69) is 25.2 Å². The van der Waals surface area contributed by atoms with Crippen molar-refractivity contribution in [3.63, 3.8) is 0 Å². The van der Waals surface area contributed by atoms with Crippen molar-refractivity contribution in [2.45, 2.75) is 20.4 Å². The van der Waals surface area contributed by atoms with Gasteiger partial charge in [0.2, 0.25) is 0 Å². The van der Waals surface area contributed by atoms with Gasteiger partial charge < -0.3 is 10.1 Å². The van der Waals surface area contributed by atoms with E-state index in [9.17, 15) is 0 Å². The Hall–Kier alpha value is -1.53. The molecule has 0 bridgehead atoms. The summed E-state index contributed by atoms with van der Waals surface area (Å²) < 4.78 is 5.25. The number of rotatable bonds is 5. The van der Waals surface area contributed by atoms with Crippen LogP contribution in [-0.2, 0) is 6.54 Å². The highest BCUT2D eigenvalue weighted by atomic mass is 16.5. The maximum Gasteiger partial charge on any atom is 0.123 e. The molecule has 0 aliphatic carbocycles. The first-order chi connectivity index (χ1) is 7.67. The fourth-order valence-corrected chi connectivity index (χ4v) is 1.48. The molecule has 16 heavy (non-hydrogen) atoms. The molecule has 0 unspecified atom stereocenters. The Bertz CT molecular complexity index is 380. The Labute approximate surface area is 97.0 Å². The Morgan fingerprint density at radius 2 is 2.19 bits per heavy atom. The van der Waals surface area contributed by atoms with E-state index in [-0.39, 0.29) is 0 Å². The molecule has 1 rings (SSSR count). The van der Waals surface area contributed by atoms with Crippen LogP contribution in [0.3, 0.4) is 0 Å². The van der Waals surface area contributed by atoms with Gasteiger partial charge in [-0.05, 0) is 30.7 Å². The summed E-state index contributed by atoms with van der Waals surface area (Å²) >= 11 is 0. The third-order valence-electron chi connectivity index (χ3n) is 2.28. The van der Waals surface area contributed by atoms with E-state index < -0.39 is 0 Å². The van der Waals surface area contributed by atoms with Crippen molar-refractivity contribution in [2.24, 2.45) is 5.92 Å². The number of methoxy groups -OCH3 is 1. The third-order valence-corrected chi connectivity index (χ3v) is 2.28. The maximum absolute atomic E-state index is 8.83. The highest BCUT2D eigenvalue weighted by Crippen LogP contribution is 2.19. The standard InChI is InChI=1S/C13H18N2O/c1-10(2)8-15-9-12-6-11(7-14)4-5-13(12)16-3/h4-6,10,15H,8-9H2,1-3H3. The van der Waals surface area contributed by atoms with Gasteiger partial charge in [0, 0.05) is 12.1 Å². The van der Waals surface area contributed by atoms with E-state index >= 15 is 0 Å². The van der Waals surface area contributed by atoms with Crippen LogP contribution < -0.4 is 10.1 Å². The molecule has 0 saturated carbocycles. The van der Waals surface area contributed by atoms with Crippen molar-refractivity contribution < 1.29 is 4.74 Å². The number of ether oxygens (including phenoxy) is 1. The third kappa shape index (κ3) is 3.56. The van der Waals surface area contributed by atoms with Crippen LogP contribution in [0.25, 0.3) is 0 Å². The van der Waals surface area contributed by atoms with Crippen molar-refractivity contribution in [1.82, 2.24) is 5.32 Å². The van der Waals surface area contributed by atoms with Crippen LogP contribution in [0.2, 0.25) is 0 Å². The predicted octanol–water partition coefficient (Wildman–Crippen LogP) is 2.31.